The lowest BCUT2D eigenvalue weighted by atomic mass is 10.1. The third-order valence-corrected chi connectivity index (χ3v) is 4.70. The molecule has 5 nitrogen and oxygen atoms in total. The van der Waals surface area contributed by atoms with Crippen LogP contribution in [0.25, 0.3) is 10.9 Å². The minimum absolute atomic E-state index is 0.617. The fraction of sp³-hybridized carbons (Fsp3) is 0.500. The predicted octanol–water partition coefficient (Wildman–Crippen LogP) is 1.07. The summed E-state index contributed by atoms with van der Waals surface area (Å²) in [6.07, 6.45) is 3.73. The van der Waals surface area contributed by atoms with Crippen LogP contribution in [0.3, 0.4) is 0 Å². The van der Waals surface area contributed by atoms with Crippen molar-refractivity contribution in [3.8, 4) is 0 Å². The molecule has 0 N–H and O–H groups in total. The molecule has 2 fully saturated rings. The van der Waals surface area contributed by atoms with Crippen molar-refractivity contribution in [3.05, 3.63) is 30.6 Å². The van der Waals surface area contributed by atoms with E-state index >= 15 is 0 Å². The molecule has 0 bridgehead atoms. The number of fused-ring (bicyclic) bond motifs is 2. The van der Waals surface area contributed by atoms with Crippen LogP contribution in [-0.4, -0.2) is 72.1 Å². The number of hydrogen-bond acceptors (Lipinski definition) is 5. The van der Waals surface area contributed by atoms with Crippen LogP contribution in [0.1, 0.15) is 0 Å². The first-order chi connectivity index (χ1) is 10.3. The van der Waals surface area contributed by atoms with E-state index < -0.39 is 0 Å². The number of nitrogens with zero attached hydrogens (tertiary/aromatic N) is 5. The molecule has 2 aromatic rings. The molecule has 2 aliphatic rings. The highest BCUT2D eigenvalue weighted by atomic mass is 15.4. The van der Waals surface area contributed by atoms with Crippen molar-refractivity contribution in [1.29, 1.82) is 0 Å². The fourth-order valence-electron chi connectivity index (χ4n) is 3.54. The Morgan fingerprint density at radius 3 is 2.86 bits per heavy atom. The van der Waals surface area contributed by atoms with E-state index in [1.165, 1.54) is 13.1 Å². The van der Waals surface area contributed by atoms with E-state index in [9.17, 15) is 0 Å². The molecule has 2 saturated heterocycles. The molecular formula is C16H21N5. The molecular weight excluding hydrogens is 262 g/mol. The molecule has 2 aliphatic heterocycles. The van der Waals surface area contributed by atoms with E-state index in [2.05, 4.69) is 37.8 Å². The summed E-state index contributed by atoms with van der Waals surface area (Å²) >= 11 is 0. The minimum Gasteiger partial charge on any atom is -0.353 e. The van der Waals surface area contributed by atoms with Gasteiger partial charge in [0.2, 0.25) is 0 Å². The molecule has 0 aliphatic carbocycles. The van der Waals surface area contributed by atoms with E-state index in [0.717, 1.165) is 42.9 Å². The SMILES string of the molecule is CN1CCN2CCN(c3nccc4ncccc34)C[C@H]2C1. The first-order valence-electron chi connectivity index (χ1n) is 7.68. The predicted molar refractivity (Wildman–Crippen MR) is 84.6 cm³/mol. The fourth-order valence-corrected chi connectivity index (χ4v) is 3.54. The Kier molecular flexibility index (Phi) is 3.24. The summed E-state index contributed by atoms with van der Waals surface area (Å²) < 4.78 is 0. The maximum absolute atomic E-state index is 4.64. The summed E-state index contributed by atoms with van der Waals surface area (Å²) in [6, 6.07) is 6.73. The molecule has 4 heterocycles. The molecule has 2 aromatic heterocycles. The first-order valence-corrected chi connectivity index (χ1v) is 7.68. The summed E-state index contributed by atoms with van der Waals surface area (Å²) in [7, 11) is 2.22. The average Bonchev–Trinajstić information content (AvgIpc) is 2.53. The number of aromatic nitrogens is 2. The Morgan fingerprint density at radius 1 is 1.00 bits per heavy atom. The van der Waals surface area contributed by atoms with Crippen molar-refractivity contribution in [3.63, 3.8) is 0 Å². The molecule has 0 aromatic carbocycles. The topological polar surface area (TPSA) is 35.5 Å². The van der Waals surface area contributed by atoms with Crippen LogP contribution in [0.5, 0.6) is 0 Å². The van der Waals surface area contributed by atoms with Crippen molar-refractivity contribution in [1.82, 2.24) is 19.8 Å². The monoisotopic (exact) mass is 283 g/mol. The lowest BCUT2D eigenvalue weighted by Gasteiger charge is -2.47. The van der Waals surface area contributed by atoms with Gasteiger partial charge in [-0.2, -0.15) is 0 Å². The van der Waals surface area contributed by atoms with E-state index in [-0.39, 0.29) is 0 Å². The highest BCUT2D eigenvalue weighted by molar-refractivity contribution is 5.89. The van der Waals surface area contributed by atoms with Crippen molar-refractivity contribution >= 4 is 16.7 Å². The molecule has 0 spiro atoms. The van der Waals surface area contributed by atoms with Crippen LogP contribution < -0.4 is 4.90 Å². The van der Waals surface area contributed by atoms with Gasteiger partial charge in [0.15, 0.2) is 0 Å². The number of rotatable bonds is 1. The lowest BCUT2D eigenvalue weighted by molar-refractivity contribution is 0.0805. The Bertz CT molecular complexity index is 638. The van der Waals surface area contributed by atoms with Gasteiger partial charge in [0.05, 0.1) is 5.52 Å². The summed E-state index contributed by atoms with van der Waals surface area (Å²) in [5.41, 5.74) is 1.03. The van der Waals surface area contributed by atoms with Crippen LogP contribution >= 0.6 is 0 Å². The molecule has 1 atom stereocenters. The van der Waals surface area contributed by atoms with Crippen molar-refractivity contribution < 1.29 is 0 Å². The largest absolute Gasteiger partial charge is 0.353 e. The van der Waals surface area contributed by atoms with Gasteiger partial charge in [-0.15, -0.1) is 0 Å². The second kappa shape index (κ2) is 5.24. The molecule has 110 valence electrons. The van der Waals surface area contributed by atoms with Gasteiger partial charge in [-0.25, -0.2) is 4.98 Å². The third kappa shape index (κ3) is 2.36. The van der Waals surface area contributed by atoms with Gasteiger partial charge in [-0.05, 0) is 25.2 Å². The minimum atomic E-state index is 0.617. The molecule has 0 unspecified atom stereocenters. The lowest BCUT2D eigenvalue weighted by Crippen LogP contribution is -2.61. The third-order valence-electron chi connectivity index (χ3n) is 4.70. The van der Waals surface area contributed by atoms with Gasteiger partial charge < -0.3 is 9.80 Å². The van der Waals surface area contributed by atoms with Crippen LogP contribution in [0.2, 0.25) is 0 Å². The maximum Gasteiger partial charge on any atom is 0.138 e. The van der Waals surface area contributed by atoms with E-state index in [0.29, 0.717) is 6.04 Å². The normalized spacial score (nSPS) is 24.2. The number of hydrogen-bond donors (Lipinski definition) is 0. The van der Waals surface area contributed by atoms with Gasteiger partial charge in [0.1, 0.15) is 5.82 Å². The highest BCUT2D eigenvalue weighted by Gasteiger charge is 2.31. The van der Waals surface area contributed by atoms with Crippen LogP contribution in [0.15, 0.2) is 30.6 Å². The summed E-state index contributed by atoms with van der Waals surface area (Å²) in [5.74, 6) is 1.09. The summed E-state index contributed by atoms with van der Waals surface area (Å²) in [4.78, 5) is 16.6. The zero-order valence-electron chi connectivity index (χ0n) is 12.4. The summed E-state index contributed by atoms with van der Waals surface area (Å²) in [6.45, 7) is 6.79. The second-order valence-corrected chi connectivity index (χ2v) is 6.10. The number of likely N-dealkylation sites (N-methyl/N-ethyl adjacent to an activating group) is 1. The molecule has 0 radical (unpaired) electrons. The van der Waals surface area contributed by atoms with Gasteiger partial charge in [-0.1, -0.05) is 0 Å². The van der Waals surface area contributed by atoms with Crippen molar-refractivity contribution in [2.24, 2.45) is 0 Å². The van der Waals surface area contributed by atoms with Gasteiger partial charge in [0, 0.05) is 63.1 Å². The number of anilines is 1. The van der Waals surface area contributed by atoms with E-state index in [1.807, 2.05) is 24.5 Å². The second-order valence-electron chi connectivity index (χ2n) is 6.10. The molecule has 5 heteroatoms. The number of pyridine rings is 2. The Hall–Kier alpha value is -1.72. The van der Waals surface area contributed by atoms with Crippen LogP contribution in [0.4, 0.5) is 5.82 Å². The Labute approximate surface area is 125 Å². The Morgan fingerprint density at radius 2 is 1.90 bits per heavy atom. The van der Waals surface area contributed by atoms with Gasteiger partial charge in [0.25, 0.3) is 0 Å². The standard InChI is InChI=1S/C16H21N5/c1-19-7-8-20-9-10-21(12-13(20)11-19)16-14-3-2-5-17-15(14)4-6-18-16/h2-6,13H,7-12H2,1H3/t13-/m1/s1. The zero-order valence-corrected chi connectivity index (χ0v) is 12.4. The number of piperazine rings is 2. The maximum atomic E-state index is 4.64. The van der Waals surface area contributed by atoms with Gasteiger partial charge >= 0.3 is 0 Å². The van der Waals surface area contributed by atoms with Crippen LogP contribution in [-0.2, 0) is 0 Å². The van der Waals surface area contributed by atoms with Gasteiger partial charge in [-0.3, -0.25) is 9.88 Å². The summed E-state index contributed by atoms with van der Waals surface area (Å²) in [5, 5.41) is 1.16. The van der Waals surface area contributed by atoms with Crippen molar-refractivity contribution in [2.45, 2.75) is 6.04 Å². The molecule has 21 heavy (non-hydrogen) atoms. The van der Waals surface area contributed by atoms with E-state index in [4.69, 9.17) is 0 Å². The molecule has 4 rings (SSSR count). The highest BCUT2D eigenvalue weighted by Crippen LogP contribution is 2.25. The molecule has 0 saturated carbocycles. The van der Waals surface area contributed by atoms with Crippen molar-refractivity contribution in [2.75, 3.05) is 51.2 Å². The molecule has 0 amide bonds. The average molecular weight is 283 g/mol. The quantitative estimate of drug-likeness (QED) is 0.782. The Balaban J connectivity index is 1.64. The van der Waals surface area contributed by atoms with E-state index in [1.54, 1.807) is 0 Å². The zero-order chi connectivity index (χ0) is 14.2. The van der Waals surface area contributed by atoms with Crippen LogP contribution in [0, 0.1) is 0 Å². The smallest absolute Gasteiger partial charge is 0.138 e. The first kappa shape index (κ1) is 13.0.